The van der Waals surface area contributed by atoms with Gasteiger partial charge in [-0.1, -0.05) is 0 Å². The number of hydrogen-bond acceptors (Lipinski definition) is 0. The van der Waals surface area contributed by atoms with Gasteiger partial charge in [-0.25, -0.2) is 0 Å². The summed E-state index contributed by atoms with van der Waals surface area (Å²) in [4.78, 5) is 0. The first-order chi connectivity index (χ1) is 12.4. The molecule has 0 saturated carbocycles. The van der Waals surface area contributed by atoms with Crippen LogP contribution in [0.25, 0.3) is 11.1 Å². The van der Waals surface area contributed by atoms with Crippen molar-refractivity contribution in [1.82, 2.24) is 0 Å². The van der Waals surface area contributed by atoms with Crippen molar-refractivity contribution >= 4 is 19.2 Å². The second-order valence-corrected chi connectivity index (χ2v) is 18.2. The maximum absolute atomic E-state index is 2.68. The van der Waals surface area contributed by atoms with Crippen molar-refractivity contribution in [2.45, 2.75) is 46.0 Å². The number of fused-ring (bicyclic) bond motifs is 2. The Morgan fingerprint density at radius 2 is 1.11 bits per heavy atom. The van der Waals surface area contributed by atoms with E-state index in [2.05, 4.69) is 75.5 Å². The molecule has 2 fully saturated rings. The van der Waals surface area contributed by atoms with Crippen LogP contribution < -0.4 is 24.8 Å². The molecule has 2 spiro atoms. The van der Waals surface area contributed by atoms with E-state index in [-0.39, 0.29) is 24.8 Å². The number of benzene rings is 2. The van der Waals surface area contributed by atoms with Crippen LogP contribution in [-0.2, 0) is 29.5 Å². The Hall–Kier alpha value is -0.400. The minimum absolute atomic E-state index is 0. The molecule has 0 amide bonds. The third kappa shape index (κ3) is 2.07. The van der Waals surface area contributed by atoms with Gasteiger partial charge in [-0.3, -0.25) is 0 Å². The van der Waals surface area contributed by atoms with Crippen molar-refractivity contribution in [3.05, 3.63) is 81.2 Å². The van der Waals surface area contributed by atoms with Gasteiger partial charge in [0.2, 0.25) is 0 Å². The molecule has 2 aromatic rings. The third-order valence-corrected chi connectivity index (χ3v) is 18.9. The Morgan fingerprint density at radius 1 is 0.714 bits per heavy atom. The minimum atomic E-state index is -1.65. The van der Waals surface area contributed by atoms with Crippen molar-refractivity contribution in [3.8, 4) is 0 Å². The summed E-state index contributed by atoms with van der Waals surface area (Å²) in [5, 5.41) is 3.88. The maximum Gasteiger partial charge on any atom is -1.00 e. The molecule has 2 bridgehead atoms. The van der Waals surface area contributed by atoms with Gasteiger partial charge in [0.25, 0.3) is 0 Å². The molecule has 0 aromatic heterocycles. The van der Waals surface area contributed by atoms with E-state index in [4.69, 9.17) is 0 Å². The van der Waals surface area contributed by atoms with E-state index < -0.39 is 31.3 Å². The van der Waals surface area contributed by atoms with Crippen molar-refractivity contribution in [2.24, 2.45) is 0 Å². The predicted octanol–water partition coefficient (Wildman–Crippen LogP) is 0.0363. The van der Waals surface area contributed by atoms with E-state index in [1.807, 2.05) is 10.4 Å². The van der Waals surface area contributed by atoms with Gasteiger partial charge in [-0.15, -0.1) is 0 Å². The third-order valence-electron chi connectivity index (χ3n) is 7.74. The number of hydrogen-bond donors (Lipinski definition) is 0. The molecule has 2 saturated heterocycles. The minimum Gasteiger partial charge on any atom is -1.00 e. The summed E-state index contributed by atoms with van der Waals surface area (Å²) in [6, 6.07) is 18.9. The zero-order chi connectivity index (χ0) is 17.9. The van der Waals surface area contributed by atoms with Crippen molar-refractivity contribution in [3.63, 3.8) is 0 Å². The number of allylic oxidation sites excluding steroid dienone is 4. The summed E-state index contributed by atoms with van der Waals surface area (Å²) in [5.74, 6) is 0. The molecule has 4 heteroatoms. The fraction of sp³-hybridized carbons (Fsp3) is 0.333. The van der Waals surface area contributed by atoms with Gasteiger partial charge in [0.05, 0.1) is 0 Å². The van der Waals surface area contributed by atoms with E-state index in [0.29, 0.717) is 6.25 Å². The van der Waals surface area contributed by atoms with Gasteiger partial charge in [0.15, 0.2) is 0 Å². The van der Waals surface area contributed by atoms with Crippen LogP contribution in [0.3, 0.4) is 0 Å². The Bertz CT molecular complexity index is 1000. The predicted molar refractivity (Wildman–Crippen MR) is 108 cm³/mol. The summed E-state index contributed by atoms with van der Waals surface area (Å²) in [5.41, 5.74) is 9.94. The molecular formula is C24H24Cl2SiZr. The molecule has 0 nitrogen and oxygen atoms in total. The zero-order valence-corrected chi connectivity index (χ0v) is 21.8. The number of halogens is 2. The quantitative estimate of drug-likeness (QED) is 0.447. The zero-order valence-electron chi connectivity index (χ0n) is 16.8. The first-order valence-electron chi connectivity index (χ1n) is 9.86. The summed E-state index contributed by atoms with van der Waals surface area (Å²) >= 11 is -0.717. The van der Waals surface area contributed by atoms with Crippen LogP contribution in [0.5, 0.6) is 0 Å². The molecule has 2 atom stereocenters. The van der Waals surface area contributed by atoms with E-state index in [0.717, 1.165) is 0 Å². The van der Waals surface area contributed by atoms with Crippen LogP contribution in [-0.4, -0.2) is 8.07 Å². The molecule has 4 aliphatic rings. The summed E-state index contributed by atoms with van der Waals surface area (Å²) in [6.45, 7) is 10.2. The van der Waals surface area contributed by atoms with Crippen molar-refractivity contribution in [2.75, 3.05) is 0 Å². The van der Waals surface area contributed by atoms with Crippen molar-refractivity contribution in [1.29, 1.82) is 0 Å². The van der Waals surface area contributed by atoms with Gasteiger partial charge >= 0.3 is 170 Å². The molecule has 2 aromatic carbocycles. The van der Waals surface area contributed by atoms with Crippen LogP contribution >= 0.6 is 0 Å². The topological polar surface area (TPSA) is 0 Å². The monoisotopic (exact) mass is 500 g/mol. The Morgan fingerprint density at radius 3 is 1.54 bits per heavy atom. The Kier molecular flexibility index (Phi) is 4.69. The maximum atomic E-state index is 2.68. The molecule has 0 radical (unpaired) electrons. The molecule has 0 N–H and O–H groups in total. The van der Waals surface area contributed by atoms with Gasteiger partial charge in [0.1, 0.15) is 0 Å². The average molecular weight is 503 g/mol. The van der Waals surface area contributed by atoms with Crippen molar-refractivity contribution < 1.29 is 48.0 Å². The van der Waals surface area contributed by atoms with Crippen LogP contribution in [0.2, 0.25) is 13.1 Å². The normalized spacial score (nSPS) is 29.6. The standard InChI is InChI=1S/C24H24Si.2ClH.Zr/c1-15-17-9-5-7-11-19(17)21-13-14-22-20-12-8-6-10-18(20)16(2)24(22)25(3,4)23(15)21;;;/h5-12H,13-14H2,1-4H3;2*1H;/q;;;+2/p-2. The molecule has 6 rings (SSSR count). The molecule has 142 valence electrons. The second kappa shape index (κ2) is 6.30. The molecule has 2 aliphatic heterocycles. The van der Waals surface area contributed by atoms with Gasteiger partial charge in [0, 0.05) is 0 Å². The largest absolute Gasteiger partial charge is 1.00 e. The molecule has 2 heterocycles. The van der Waals surface area contributed by atoms with Crippen LogP contribution in [0, 0.1) is 0 Å². The first-order valence-corrected chi connectivity index (χ1v) is 15.3. The average Bonchev–Trinajstić information content (AvgIpc) is 3.20. The Labute approximate surface area is 193 Å². The van der Waals surface area contributed by atoms with Gasteiger partial charge in [-0.05, 0) is 0 Å². The second-order valence-electron chi connectivity index (χ2n) is 9.15. The van der Waals surface area contributed by atoms with E-state index in [1.165, 1.54) is 12.8 Å². The smallest absolute Gasteiger partial charge is 1.00 e. The summed E-state index contributed by atoms with van der Waals surface area (Å²) < 4.78 is 0.974. The fourth-order valence-corrected chi connectivity index (χ4v) is 24.0. The fourth-order valence-electron chi connectivity index (χ4n) is 7.32. The van der Waals surface area contributed by atoms with Crippen LogP contribution in [0.1, 0.15) is 48.9 Å². The summed E-state index contributed by atoms with van der Waals surface area (Å²) in [7, 11) is -1.65. The molecular weight excluding hydrogens is 478 g/mol. The molecule has 2 unspecified atom stereocenters. The van der Waals surface area contributed by atoms with E-state index >= 15 is 0 Å². The van der Waals surface area contributed by atoms with Gasteiger partial charge in [-0.2, -0.15) is 0 Å². The number of rotatable bonds is 0. The van der Waals surface area contributed by atoms with E-state index in [9.17, 15) is 0 Å². The SMILES string of the molecule is CC1=C2[C]3(CC[C]4([Zr+2]3)C(=C(C)c3ccccc34)[Si]2(C)C)c2ccccc21.[Cl-].[Cl-]. The van der Waals surface area contributed by atoms with Gasteiger partial charge < -0.3 is 24.8 Å². The molecule has 2 aliphatic carbocycles. The molecule has 28 heavy (non-hydrogen) atoms. The van der Waals surface area contributed by atoms with E-state index in [1.54, 1.807) is 33.4 Å². The summed E-state index contributed by atoms with van der Waals surface area (Å²) in [6.07, 6.45) is 2.81. The first kappa shape index (κ1) is 20.9. The van der Waals surface area contributed by atoms with Crippen LogP contribution in [0.15, 0.2) is 58.9 Å². The van der Waals surface area contributed by atoms with Crippen LogP contribution in [0.4, 0.5) is 0 Å². The Balaban J connectivity index is 0.000000961.